The van der Waals surface area contributed by atoms with Crippen molar-refractivity contribution in [1.82, 2.24) is 4.90 Å². The summed E-state index contributed by atoms with van der Waals surface area (Å²) in [6.07, 6.45) is 0.0208. The molecular formula is C35H37N3O6S2. The van der Waals surface area contributed by atoms with E-state index in [-0.39, 0.29) is 25.0 Å². The van der Waals surface area contributed by atoms with Crippen molar-refractivity contribution in [2.75, 3.05) is 23.8 Å². The molecule has 0 radical (unpaired) electrons. The Morgan fingerprint density at radius 2 is 1.74 bits per heavy atom. The Morgan fingerprint density at radius 1 is 0.978 bits per heavy atom. The van der Waals surface area contributed by atoms with Crippen molar-refractivity contribution in [1.29, 1.82) is 0 Å². The second-order valence-corrected chi connectivity index (χ2v) is 14.4. The van der Waals surface area contributed by atoms with Crippen LogP contribution in [0.3, 0.4) is 0 Å². The molecule has 0 saturated heterocycles. The smallest absolute Gasteiger partial charge is 0.410 e. The van der Waals surface area contributed by atoms with E-state index in [0.717, 1.165) is 26.1 Å². The van der Waals surface area contributed by atoms with Gasteiger partial charge in [-0.05, 0) is 87.7 Å². The van der Waals surface area contributed by atoms with Crippen molar-refractivity contribution in [2.45, 2.75) is 63.3 Å². The fourth-order valence-corrected chi connectivity index (χ4v) is 7.23. The highest BCUT2D eigenvalue weighted by Crippen LogP contribution is 2.39. The third-order valence-corrected chi connectivity index (χ3v) is 9.44. The molecule has 2 heterocycles. The van der Waals surface area contributed by atoms with Crippen molar-refractivity contribution < 1.29 is 28.7 Å². The molecule has 3 aromatic carbocycles. The molecule has 2 N–H and O–H groups in total. The quantitative estimate of drug-likeness (QED) is 0.147. The predicted octanol–water partition coefficient (Wildman–Crippen LogP) is 7.74. The van der Waals surface area contributed by atoms with Gasteiger partial charge < -0.3 is 25.0 Å². The topological polar surface area (TPSA) is 114 Å². The minimum Gasteiger partial charge on any atom is -0.462 e. The zero-order valence-electron chi connectivity index (χ0n) is 26.5. The van der Waals surface area contributed by atoms with E-state index in [9.17, 15) is 19.2 Å². The molecule has 46 heavy (non-hydrogen) atoms. The van der Waals surface area contributed by atoms with Crippen molar-refractivity contribution in [2.24, 2.45) is 0 Å². The molecule has 0 fully saturated rings. The molecule has 1 aromatic heterocycles. The van der Waals surface area contributed by atoms with Crippen molar-refractivity contribution in [3.8, 4) is 0 Å². The SMILES string of the molecule is CCOC(=O)c1c(NC(=O)C(C)Sc2cccc(NC(=O)c3ccc4ccccc4c3)c2)sc2c1CCN(C(=O)OC(C)(C)C)C2. The minimum atomic E-state index is -0.627. The first-order valence-corrected chi connectivity index (χ1v) is 16.8. The molecule has 1 aliphatic rings. The lowest BCUT2D eigenvalue weighted by atomic mass is 10.0. The van der Waals surface area contributed by atoms with Gasteiger partial charge in [0.1, 0.15) is 10.6 Å². The third-order valence-electron chi connectivity index (χ3n) is 7.21. The first-order chi connectivity index (χ1) is 21.9. The first-order valence-electron chi connectivity index (χ1n) is 15.1. The van der Waals surface area contributed by atoms with E-state index in [0.29, 0.717) is 34.8 Å². The van der Waals surface area contributed by atoms with Crippen LogP contribution in [0.1, 0.15) is 65.8 Å². The summed E-state index contributed by atoms with van der Waals surface area (Å²) in [5, 5.41) is 7.82. The highest BCUT2D eigenvalue weighted by Gasteiger charge is 2.33. The lowest BCUT2D eigenvalue weighted by molar-refractivity contribution is -0.115. The standard InChI is InChI=1S/C35H37N3O6S2/c1-6-43-33(41)29-27-16-17-38(34(42)44-35(3,4)5)20-28(27)46-32(29)37-30(39)21(2)45-26-13-9-12-25(19-26)36-31(40)24-15-14-22-10-7-8-11-23(22)18-24/h7-15,18-19,21H,6,16-17,20H2,1-5H3,(H,36,40)(H,37,39). The van der Waals surface area contributed by atoms with Gasteiger partial charge in [-0.15, -0.1) is 23.1 Å². The normalized spacial score (nSPS) is 13.5. The summed E-state index contributed by atoms with van der Waals surface area (Å²) in [6, 6.07) is 20.8. The van der Waals surface area contributed by atoms with E-state index in [4.69, 9.17) is 9.47 Å². The fourth-order valence-electron chi connectivity index (χ4n) is 5.05. The van der Waals surface area contributed by atoms with Gasteiger partial charge in [-0.1, -0.05) is 36.4 Å². The van der Waals surface area contributed by atoms with Crippen molar-refractivity contribution in [3.05, 3.63) is 88.3 Å². The summed E-state index contributed by atoms with van der Waals surface area (Å²) >= 11 is 2.61. The Balaban J connectivity index is 1.27. The van der Waals surface area contributed by atoms with Crippen LogP contribution < -0.4 is 10.6 Å². The second-order valence-electron chi connectivity index (χ2n) is 11.9. The van der Waals surface area contributed by atoms with Crippen LogP contribution in [0.25, 0.3) is 10.8 Å². The van der Waals surface area contributed by atoms with Crippen LogP contribution in [0.15, 0.2) is 71.6 Å². The number of nitrogens with one attached hydrogen (secondary N) is 2. The molecule has 0 spiro atoms. The van der Waals surface area contributed by atoms with Crippen LogP contribution in [0.2, 0.25) is 0 Å². The number of hydrogen-bond acceptors (Lipinski definition) is 8. The van der Waals surface area contributed by atoms with Gasteiger partial charge in [-0.2, -0.15) is 0 Å². The Morgan fingerprint density at radius 3 is 2.48 bits per heavy atom. The van der Waals surface area contributed by atoms with E-state index < -0.39 is 22.9 Å². The third kappa shape index (κ3) is 7.89. The summed E-state index contributed by atoms with van der Waals surface area (Å²) in [6.45, 7) is 9.82. The average Bonchev–Trinajstić information content (AvgIpc) is 3.37. The largest absolute Gasteiger partial charge is 0.462 e. The molecule has 240 valence electrons. The van der Waals surface area contributed by atoms with Gasteiger partial charge >= 0.3 is 12.1 Å². The first kappa shape index (κ1) is 33.0. The van der Waals surface area contributed by atoms with Crippen molar-refractivity contribution in [3.63, 3.8) is 0 Å². The number of carbonyl (C=O) groups is 4. The van der Waals surface area contributed by atoms with Crippen LogP contribution in [0, 0.1) is 0 Å². The molecule has 1 atom stereocenters. The van der Waals surface area contributed by atoms with Gasteiger partial charge in [0.05, 0.1) is 24.0 Å². The number of carbonyl (C=O) groups excluding carboxylic acids is 4. The lowest BCUT2D eigenvalue weighted by Crippen LogP contribution is -2.39. The number of amides is 3. The Labute approximate surface area is 276 Å². The number of rotatable bonds is 8. The van der Waals surface area contributed by atoms with Crippen molar-refractivity contribution >= 4 is 68.4 Å². The zero-order valence-corrected chi connectivity index (χ0v) is 28.1. The second kappa shape index (κ2) is 14.0. The number of esters is 1. The molecule has 4 aromatic rings. The molecule has 1 unspecified atom stereocenters. The van der Waals surface area contributed by atoms with Gasteiger partial charge in [-0.3, -0.25) is 9.59 Å². The Hall–Kier alpha value is -4.35. The molecule has 0 aliphatic carbocycles. The summed E-state index contributed by atoms with van der Waals surface area (Å²) in [5.41, 5.74) is 1.66. The number of anilines is 2. The fraction of sp³-hybridized carbons (Fsp3) is 0.314. The summed E-state index contributed by atoms with van der Waals surface area (Å²) < 4.78 is 10.9. The highest BCUT2D eigenvalue weighted by molar-refractivity contribution is 8.00. The van der Waals surface area contributed by atoms with Gasteiger partial charge in [0, 0.05) is 27.6 Å². The average molecular weight is 660 g/mol. The monoisotopic (exact) mass is 659 g/mol. The number of thioether (sulfide) groups is 1. The van der Waals surface area contributed by atoms with Gasteiger partial charge in [0.25, 0.3) is 5.91 Å². The van der Waals surface area contributed by atoms with E-state index in [1.165, 1.54) is 23.1 Å². The highest BCUT2D eigenvalue weighted by atomic mass is 32.2. The van der Waals surface area contributed by atoms with E-state index in [1.807, 2.05) is 75.4 Å². The lowest BCUT2D eigenvalue weighted by Gasteiger charge is -2.30. The molecule has 0 bridgehead atoms. The maximum atomic E-state index is 13.4. The van der Waals surface area contributed by atoms with Crippen LogP contribution >= 0.6 is 23.1 Å². The van der Waals surface area contributed by atoms with E-state index >= 15 is 0 Å². The summed E-state index contributed by atoms with van der Waals surface area (Å²) in [7, 11) is 0. The summed E-state index contributed by atoms with van der Waals surface area (Å²) in [4.78, 5) is 55.4. The maximum Gasteiger partial charge on any atom is 0.410 e. The van der Waals surface area contributed by atoms with E-state index in [1.54, 1.807) is 30.9 Å². The molecule has 0 saturated carbocycles. The molecule has 3 amide bonds. The Kier molecular flexibility index (Phi) is 10.0. The van der Waals surface area contributed by atoms with Crippen LogP contribution in [0.5, 0.6) is 0 Å². The number of fused-ring (bicyclic) bond motifs is 2. The zero-order chi connectivity index (χ0) is 33.0. The minimum absolute atomic E-state index is 0.195. The number of hydrogen-bond donors (Lipinski definition) is 2. The van der Waals surface area contributed by atoms with Crippen LogP contribution in [-0.4, -0.2) is 52.8 Å². The molecule has 5 rings (SSSR count). The number of benzene rings is 3. The molecule has 11 heteroatoms. The number of nitrogens with zero attached hydrogens (tertiary/aromatic N) is 1. The number of thiophene rings is 1. The molecule has 1 aliphatic heterocycles. The van der Waals surface area contributed by atoms with Gasteiger partial charge in [0.15, 0.2) is 0 Å². The predicted molar refractivity (Wildman–Crippen MR) is 183 cm³/mol. The van der Waals surface area contributed by atoms with Crippen LogP contribution in [0.4, 0.5) is 15.5 Å². The molecular weight excluding hydrogens is 623 g/mol. The van der Waals surface area contributed by atoms with Gasteiger partial charge in [-0.25, -0.2) is 9.59 Å². The molecule has 9 nitrogen and oxygen atoms in total. The number of ether oxygens (including phenoxy) is 2. The van der Waals surface area contributed by atoms with E-state index in [2.05, 4.69) is 10.6 Å². The Bertz CT molecular complexity index is 1790. The van der Waals surface area contributed by atoms with Crippen LogP contribution in [-0.2, 0) is 27.2 Å². The summed E-state index contributed by atoms with van der Waals surface area (Å²) in [5.74, 6) is -1.02. The van der Waals surface area contributed by atoms with Gasteiger partial charge in [0.2, 0.25) is 5.91 Å². The maximum absolute atomic E-state index is 13.4.